The normalized spacial score (nSPS) is 18.2. The second-order valence-electron chi connectivity index (χ2n) is 6.75. The third kappa shape index (κ3) is 5.22. The van der Waals surface area contributed by atoms with Gasteiger partial charge in [-0.25, -0.2) is 0 Å². The van der Waals surface area contributed by atoms with Crippen molar-refractivity contribution in [2.45, 2.75) is 52.1 Å². The first-order valence-electron chi connectivity index (χ1n) is 7.92. The fourth-order valence-electron chi connectivity index (χ4n) is 3.02. The van der Waals surface area contributed by atoms with Crippen LogP contribution in [0.25, 0.3) is 0 Å². The van der Waals surface area contributed by atoms with Crippen molar-refractivity contribution in [1.82, 2.24) is 15.2 Å². The molecule has 1 aliphatic carbocycles. The summed E-state index contributed by atoms with van der Waals surface area (Å²) in [6.45, 7) is 7.97. The zero-order valence-electron chi connectivity index (χ0n) is 13.2. The standard InChI is InChI=1S/C17H29N3/c1-4-9-17(2,13-19-16-7-8-16)14-20(3)12-15-6-5-10-18-11-15/h5-6,10-11,16,19H,4,7-9,12-14H2,1-3H3. The second-order valence-corrected chi connectivity index (χ2v) is 6.75. The van der Waals surface area contributed by atoms with E-state index >= 15 is 0 Å². The maximum atomic E-state index is 4.20. The molecule has 112 valence electrons. The molecule has 1 aromatic heterocycles. The van der Waals surface area contributed by atoms with Crippen molar-refractivity contribution in [2.24, 2.45) is 5.41 Å². The third-order valence-corrected chi connectivity index (χ3v) is 4.08. The summed E-state index contributed by atoms with van der Waals surface area (Å²) in [6.07, 6.45) is 9.08. The molecule has 1 atom stereocenters. The minimum absolute atomic E-state index is 0.369. The molecule has 3 nitrogen and oxygen atoms in total. The maximum Gasteiger partial charge on any atom is 0.0312 e. The molecule has 1 saturated carbocycles. The Morgan fingerprint density at radius 2 is 2.25 bits per heavy atom. The molecule has 1 N–H and O–H groups in total. The number of hydrogen-bond donors (Lipinski definition) is 1. The van der Waals surface area contributed by atoms with E-state index in [1.54, 1.807) is 0 Å². The highest BCUT2D eigenvalue weighted by Crippen LogP contribution is 2.27. The van der Waals surface area contributed by atoms with Gasteiger partial charge in [0, 0.05) is 38.1 Å². The van der Waals surface area contributed by atoms with Gasteiger partial charge in [-0.05, 0) is 43.4 Å². The molecule has 1 unspecified atom stereocenters. The Kier molecular flexibility index (Phi) is 5.55. The molecule has 0 saturated heterocycles. The first kappa shape index (κ1) is 15.5. The highest BCUT2D eigenvalue weighted by molar-refractivity contribution is 5.08. The molecule has 1 fully saturated rings. The third-order valence-electron chi connectivity index (χ3n) is 4.08. The van der Waals surface area contributed by atoms with Crippen molar-refractivity contribution in [3.05, 3.63) is 30.1 Å². The fourth-order valence-corrected chi connectivity index (χ4v) is 3.02. The summed E-state index contributed by atoms with van der Waals surface area (Å²) in [5, 5.41) is 3.71. The summed E-state index contributed by atoms with van der Waals surface area (Å²) < 4.78 is 0. The van der Waals surface area contributed by atoms with Crippen molar-refractivity contribution in [1.29, 1.82) is 0 Å². The average Bonchev–Trinajstić information content (AvgIpc) is 3.22. The minimum Gasteiger partial charge on any atom is -0.313 e. The van der Waals surface area contributed by atoms with E-state index in [1.807, 2.05) is 18.5 Å². The molecule has 0 aromatic carbocycles. The van der Waals surface area contributed by atoms with E-state index in [0.29, 0.717) is 5.41 Å². The molecule has 0 amide bonds. The van der Waals surface area contributed by atoms with Crippen LogP contribution in [0.15, 0.2) is 24.5 Å². The predicted octanol–water partition coefficient (Wildman–Crippen LogP) is 3.07. The van der Waals surface area contributed by atoms with Crippen molar-refractivity contribution in [3.63, 3.8) is 0 Å². The van der Waals surface area contributed by atoms with Gasteiger partial charge in [0.2, 0.25) is 0 Å². The van der Waals surface area contributed by atoms with E-state index in [2.05, 4.69) is 42.2 Å². The van der Waals surface area contributed by atoms with Gasteiger partial charge in [0.15, 0.2) is 0 Å². The van der Waals surface area contributed by atoms with Crippen molar-refractivity contribution in [2.75, 3.05) is 20.1 Å². The predicted molar refractivity (Wildman–Crippen MR) is 84.6 cm³/mol. The monoisotopic (exact) mass is 275 g/mol. The van der Waals surface area contributed by atoms with Crippen LogP contribution in [0.5, 0.6) is 0 Å². The van der Waals surface area contributed by atoms with Crippen LogP contribution in [0.2, 0.25) is 0 Å². The van der Waals surface area contributed by atoms with Crippen LogP contribution >= 0.6 is 0 Å². The zero-order valence-corrected chi connectivity index (χ0v) is 13.2. The molecule has 0 aliphatic heterocycles. The van der Waals surface area contributed by atoms with E-state index in [0.717, 1.165) is 25.7 Å². The molecular formula is C17H29N3. The van der Waals surface area contributed by atoms with Crippen LogP contribution in [-0.2, 0) is 6.54 Å². The van der Waals surface area contributed by atoms with Crippen LogP contribution in [0.4, 0.5) is 0 Å². The van der Waals surface area contributed by atoms with E-state index in [1.165, 1.54) is 31.2 Å². The Morgan fingerprint density at radius 1 is 1.45 bits per heavy atom. The van der Waals surface area contributed by atoms with Gasteiger partial charge in [-0.1, -0.05) is 26.3 Å². The summed E-state index contributed by atoms with van der Waals surface area (Å²) in [4.78, 5) is 6.63. The van der Waals surface area contributed by atoms with Gasteiger partial charge < -0.3 is 10.2 Å². The van der Waals surface area contributed by atoms with E-state index in [4.69, 9.17) is 0 Å². The molecule has 0 spiro atoms. The highest BCUT2D eigenvalue weighted by atomic mass is 15.1. The van der Waals surface area contributed by atoms with Crippen molar-refractivity contribution < 1.29 is 0 Å². The topological polar surface area (TPSA) is 28.2 Å². The van der Waals surface area contributed by atoms with Crippen molar-refractivity contribution in [3.8, 4) is 0 Å². The van der Waals surface area contributed by atoms with Gasteiger partial charge in [0.25, 0.3) is 0 Å². The van der Waals surface area contributed by atoms with Crippen LogP contribution < -0.4 is 5.32 Å². The second kappa shape index (κ2) is 7.19. The van der Waals surface area contributed by atoms with Gasteiger partial charge in [0.05, 0.1) is 0 Å². The number of nitrogens with one attached hydrogen (secondary N) is 1. The van der Waals surface area contributed by atoms with Crippen molar-refractivity contribution >= 4 is 0 Å². The zero-order chi connectivity index (χ0) is 14.4. The first-order valence-corrected chi connectivity index (χ1v) is 7.92. The lowest BCUT2D eigenvalue weighted by Gasteiger charge is -2.34. The van der Waals surface area contributed by atoms with E-state index in [-0.39, 0.29) is 0 Å². The molecule has 1 aromatic rings. The number of aromatic nitrogens is 1. The van der Waals surface area contributed by atoms with Gasteiger partial charge in [-0.2, -0.15) is 0 Å². The van der Waals surface area contributed by atoms with Gasteiger partial charge >= 0.3 is 0 Å². The van der Waals surface area contributed by atoms with Crippen LogP contribution in [0.1, 0.15) is 45.1 Å². The van der Waals surface area contributed by atoms with Crippen LogP contribution in [0.3, 0.4) is 0 Å². The summed E-state index contributed by atoms with van der Waals surface area (Å²) in [5.74, 6) is 0. The Balaban J connectivity index is 1.85. The van der Waals surface area contributed by atoms with E-state index < -0.39 is 0 Å². The molecule has 1 aliphatic rings. The molecule has 0 radical (unpaired) electrons. The SMILES string of the molecule is CCCC(C)(CNC1CC1)CN(C)Cc1cccnc1. The Hall–Kier alpha value is -0.930. The lowest BCUT2D eigenvalue weighted by Crippen LogP contribution is -2.41. The molecule has 20 heavy (non-hydrogen) atoms. The molecule has 0 bridgehead atoms. The van der Waals surface area contributed by atoms with Gasteiger partial charge in [-0.3, -0.25) is 4.98 Å². The fraction of sp³-hybridized carbons (Fsp3) is 0.706. The Bertz CT molecular complexity index is 388. The molecular weight excluding hydrogens is 246 g/mol. The quantitative estimate of drug-likeness (QED) is 0.751. The number of rotatable bonds is 9. The summed E-state index contributed by atoms with van der Waals surface area (Å²) >= 11 is 0. The Labute approximate surface area is 123 Å². The molecule has 1 heterocycles. The van der Waals surface area contributed by atoms with Gasteiger partial charge in [-0.15, -0.1) is 0 Å². The Morgan fingerprint density at radius 3 is 2.85 bits per heavy atom. The smallest absolute Gasteiger partial charge is 0.0312 e. The minimum atomic E-state index is 0.369. The number of pyridine rings is 1. The first-order chi connectivity index (χ1) is 9.61. The van der Waals surface area contributed by atoms with Gasteiger partial charge in [0.1, 0.15) is 0 Å². The number of hydrogen-bond acceptors (Lipinski definition) is 3. The molecule has 3 heteroatoms. The lowest BCUT2D eigenvalue weighted by atomic mass is 9.84. The van der Waals surface area contributed by atoms with Crippen LogP contribution in [-0.4, -0.2) is 36.1 Å². The maximum absolute atomic E-state index is 4.20. The summed E-state index contributed by atoms with van der Waals surface area (Å²) in [6, 6.07) is 4.97. The average molecular weight is 275 g/mol. The van der Waals surface area contributed by atoms with Crippen LogP contribution in [0, 0.1) is 5.41 Å². The largest absolute Gasteiger partial charge is 0.313 e. The lowest BCUT2D eigenvalue weighted by molar-refractivity contribution is 0.167. The molecule has 2 rings (SSSR count). The summed E-state index contributed by atoms with van der Waals surface area (Å²) in [5.41, 5.74) is 1.66. The van der Waals surface area contributed by atoms with E-state index in [9.17, 15) is 0 Å². The highest BCUT2D eigenvalue weighted by Gasteiger charge is 2.29. The summed E-state index contributed by atoms with van der Waals surface area (Å²) in [7, 11) is 2.22. The number of nitrogens with zero attached hydrogens (tertiary/aromatic N) is 2.